The molecule has 0 unspecified atom stereocenters. The number of carbonyl (C=O) groups is 1. The van der Waals surface area contributed by atoms with Crippen LogP contribution in [0, 0.1) is 0 Å². The van der Waals surface area contributed by atoms with Crippen LogP contribution in [0.25, 0.3) is 0 Å². The molecule has 1 rings (SSSR count). The van der Waals surface area contributed by atoms with Gasteiger partial charge in [-0.05, 0) is 12.5 Å². The Bertz CT molecular complexity index is 258. The molecule has 2 N–H and O–H groups in total. The van der Waals surface area contributed by atoms with Gasteiger partial charge in [-0.15, -0.1) is 0 Å². The van der Waals surface area contributed by atoms with Crippen molar-refractivity contribution in [1.29, 1.82) is 0 Å². The van der Waals surface area contributed by atoms with Gasteiger partial charge in [0.2, 0.25) is 0 Å². The average molecular weight is 196 g/mol. The number of urea groups is 1. The number of carbonyl (C=O) groups excluding carboxylic acids is 1. The van der Waals surface area contributed by atoms with Crippen LogP contribution in [0.3, 0.4) is 0 Å². The highest BCUT2D eigenvalue weighted by molar-refractivity contribution is 5.73. The maximum atomic E-state index is 11.1. The molecule has 78 valence electrons. The number of nitrogens with zero attached hydrogens (tertiary/aromatic N) is 2. The molecule has 0 aliphatic carbocycles. The van der Waals surface area contributed by atoms with Gasteiger partial charge in [0, 0.05) is 25.5 Å². The number of nitrogens with one attached hydrogen (secondary N) is 2. The fourth-order valence-corrected chi connectivity index (χ4v) is 1.02. The van der Waals surface area contributed by atoms with Crippen molar-refractivity contribution < 1.29 is 4.79 Å². The number of aromatic nitrogens is 2. The van der Waals surface area contributed by atoms with Gasteiger partial charge in [-0.25, -0.2) is 4.79 Å². The molecule has 1 aromatic heterocycles. The van der Waals surface area contributed by atoms with Crippen LogP contribution in [0.1, 0.15) is 13.3 Å². The SMILES string of the molecule is CCCNC(=O)NCCn1cccn1. The van der Waals surface area contributed by atoms with Gasteiger partial charge in [-0.3, -0.25) is 4.68 Å². The van der Waals surface area contributed by atoms with Crippen molar-refractivity contribution in [2.75, 3.05) is 13.1 Å². The molecule has 1 heterocycles. The molecule has 0 radical (unpaired) electrons. The van der Waals surface area contributed by atoms with Gasteiger partial charge in [-0.2, -0.15) is 5.10 Å². The van der Waals surface area contributed by atoms with Gasteiger partial charge in [0.15, 0.2) is 0 Å². The first kappa shape index (κ1) is 10.6. The van der Waals surface area contributed by atoms with E-state index in [0.717, 1.165) is 6.42 Å². The van der Waals surface area contributed by atoms with E-state index in [1.165, 1.54) is 0 Å². The van der Waals surface area contributed by atoms with E-state index in [-0.39, 0.29) is 6.03 Å². The van der Waals surface area contributed by atoms with Crippen molar-refractivity contribution in [2.45, 2.75) is 19.9 Å². The summed E-state index contributed by atoms with van der Waals surface area (Å²) in [6.07, 6.45) is 4.54. The van der Waals surface area contributed by atoms with Gasteiger partial charge in [0.1, 0.15) is 0 Å². The van der Waals surface area contributed by atoms with Gasteiger partial charge < -0.3 is 10.6 Å². The number of rotatable bonds is 5. The minimum Gasteiger partial charge on any atom is -0.338 e. The molecule has 0 spiro atoms. The summed E-state index contributed by atoms with van der Waals surface area (Å²) in [4.78, 5) is 11.1. The van der Waals surface area contributed by atoms with Crippen molar-refractivity contribution in [3.8, 4) is 0 Å². The third-order valence-electron chi connectivity index (χ3n) is 1.72. The molecule has 1 aromatic rings. The zero-order chi connectivity index (χ0) is 10.2. The average Bonchev–Trinajstić information content (AvgIpc) is 2.67. The first-order valence-electron chi connectivity index (χ1n) is 4.82. The van der Waals surface area contributed by atoms with Crippen molar-refractivity contribution in [3.05, 3.63) is 18.5 Å². The number of hydrogen-bond acceptors (Lipinski definition) is 2. The Balaban J connectivity index is 2.06. The highest BCUT2D eigenvalue weighted by Gasteiger charge is 1.97. The summed E-state index contributed by atoms with van der Waals surface area (Å²) in [5.41, 5.74) is 0. The van der Waals surface area contributed by atoms with E-state index in [1.54, 1.807) is 10.9 Å². The largest absolute Gasteiger partial charge is 0.338 e. The molecular formula is C9H16N4O. The Labute approximate surface area is 83.5 Å². The first-order chi connectivity index (χ1) is 6.83. The summed E-state index contributed by atoms with van der Waals surface area (Å²) >= 11 is 0. The highest BCUT2D eigenvalue weighted by Crippen LogP contribution is 1.82. The minimum atomic E-state index is -0.112. The quantitative estimate of drug-likeness (QED) is 0.724. The molecule has 0 aliphatic rings. The van der Waals surface area contributed by atoms with E-state index < -0.39 is 0 Å². The molecule has 0 bridgehead atoms. The van der Waals surface area contributed by atoms with Gasteiger partial charge in [0.25, 0.3) is 0 Å². The van der Waals surface area contributed by atoms with E-state index in [2.05, 4.69) is 15.7 Å². The fraction of sp³-hybridized carbons (Fsp3) is 0.556. The molecule has 5 heteroatoms. The third-order valence-corrected chi connectivity index (χ3v) is 1.72. The van der Waals surface area contributed by atoms with Crippen molar-refractivity contribution in [1.82, 2.24) is 20.4 Å². The standard InChI is InChI=1S/C9H16N4O/c1-2-4-10-9(14)11-6-8-13-7-3-5-12-13/h3,5,7H,2,4,6,8H2,1H3,(H2,10,11,14). The van der Waals surface area contributed by atoms with Gasteiger partial charge in [0.05, 0.1) is 6.54 Å². The summed E-state index contributed by atoms with van der Waals surface area (Å²) < 4.78 is 1.78. The molecule has 0 aromatic carbocycles. The van der Waals surface area contributed by atoms with E-state index in [1.807, 2.05) is 19.2 Å². The van der Waals surface area contributed by atoms with Crippen LogP contribution in [-0.2, 0) is 6.54 Å². The topological polar surface area (TPSA) is 59.0 Å². The minimum absolute atomic E-state index is 0.112. The second kappa shape index (κ2) is 6.01. The summed E-state index contributed by atoms with van der Waals surface area (Å²) in [5.74, 6) is 0. The highest BCUT2D eigenvalue weighted by atomic mass is 16.2. The Morgan fingerprint density at radius 1 is 1.43 bits per heavy atom. The molecular weight excluding hydrogens is 180 g/mol. The van der Waals surface area contributed by atoms with Crippen molar-refractivity contribution in [3.63, 3.8) is 0 Å². The Morgan fingerprint density at radius 3 is 2.86 bits per heavy atom. The van der Waals surface area contributed by atoms with Crippen LogP contribution in [0.15, 0.2) is 18.5 Å². The summed E-state index contributed by atoms with van der Waals surface area (Å²) in [6, 6.07) is 1.75. The summed E-state index contributed by atoms with van der Waals surface area (Å²) in [7, 11) is 0. The first-order valence-corrected chi connectivity index (χ1v) is 4.82. The Kier molecular flexibility index (Phi) is 4.54. The lowest BCUT2D eigenvalue weighted by Crippen LogP contribution is -2.37. The van der Waals surface area contributed by atoms with E-state index >= 15 is 0 Å². The lowest BCUT2D eigenvalue weighted by Gasteiger charge is -2.06. The van der Waals surface area contributed by atoms with E-state index in [4.69, 9.17) is 0 Å². The van der Waals surface area contributed by atoms with Crippen LogP contribution >= 0.6 is 0 Å². The lowest BCUT2D eigenvalue weighted by atomic mass is 10.5. The zero-order valence-corrected chi connectivity index (χ0v) is 8.36. The molecule has 2 amide bonds. The Hall–Kier alpha value is -1.52. The molecule has 0 aliphatic heterocycles. The predicted molar refractivity (Wildman–Crippen MR) is 53.9 cm³/mol. The van der Waals surface area contributed by atoms with Gasteiger partial charge in [-0.1, -0.05) is 6.92 Å². The van der Waals surface area contributed by atoms with Crippen LogP contribution in [-0.4, -0.2) is 28.9 Å². The number of amides is 2. The molecule has 14 heavy (non-hydrogen) atoms. The summed E-state index contributed by atoms with van der Waals surface area (Å²) in [5, 5.41) is 9.50. The maximum absolute atomic E-state index is 11.1. The number of hydrogen-bond donors (Lipinski definition) is 2. The van der Waals surface area contributed by atoms with E-state index in [0.29, 0.717) is 19.6 Å². The van der Waals surface area contributed by atoms with Gasteiger partial charge >= 0.3 is 6.03 Å². The lowest BCUT2D eigenvalue weighted by molar-refractivity contribution is 0.240. The third kappa shape index (κ3) is 3.93. The second-order valence-electron chi connectivity index (χ2n) is 2.95. The normalized spacial score (nSPS) is 9.79. The Morgan fingerprint density at radius 2 is 2.21 bits per heavy atom. The molecule has 0 fully saturated rings. The summed E-state index contributed by atoms with van der Waals surface area (Å²) in [6.45, 7) is 4.03. The van der Waals surface area contributed by atoms with Crippen LogP contribution in [0.4, 0.5) is 4.79 Å². The molecule has 0 atom stereocenters. The molecule has 5 nitrogen and oxygen atoms in total. The predicted octanol–water partition coefficient (Wildman–Crippen LogP) is 0.592. The smallest absolute Gasteiger partial charge is 0.314 e. The monoisotopic (exact) mass is 196 g/mol. The molecule has 0 saturated carbocycles. The molecule has 0 saturated heterocycles. The van der Waals surface area contributed by atoms with Crippen molar-refractivity contribution in [2.24, 2.45) is 0 Å². The van der Waals surface area contributed by atoms with E-state index in [9.17, 15) is 4.79 Å². The van der Waals surface area contributed by atoms with Crippen molar-refractivity contribution >= 4 is 6.03 Å². The fourth-order valence-electron chi connectivity index (χ4n) is 1.02. The maximum Gasteiger partial charge on any atom is 0.314 e. The van der Waals surface area contributed by atoms with Crippen LogP contribution in [0.2, 0.25) is 0 Å². The zero-order valence-electron chi connectivity index (χ0n) is 8.36. The van der Waals surface area contributed by atoms with Crippen LogP contribution in [0.5, 0.6) is 0 Å². The van der Waals surface area contributed by atoms with Crippen LogP contribution < -0.4 is 10.6 Å². The second-order valence-corrected chi connectivity index (χ2v) is 2.95.